The Hall–Kier alpha value is -3.14. The van der Waals surface area contributed by atoms with Crippen LogP contribution in [0.3, 0.4) is 0 Å². The molecule has 1 aromatic carbocycles. The lowest BCUT2D eigenvalue weighted by atomic mass is 9.85. The molecule has 0 saturated heterocycles. The second kappa shape index (κ2) is 11.9. The lowest BCUT2D eigenvalue weighted by Crippen LogP contribution is -2.39. The van der Waals surface area contributed by atoms with Gasteiger partial charge >= 0.3 is 0 Å². The third kappa shape index (κ3) is 6.80. The molecule has 2 heterocycles. The van der Waals surface area contributed by atoms with Gasteiger partial charge in [0.05, 0.1) is 17.9 Å². The largest absolute Gasteiger partial charge is 0.493 e. The van der Waals surface area contributed by atoms with Crippen LogP contribution < -0.4 is 10.1 Å². The highest BCUT2D eigenvalue weighted by atomic mass is 32.2. The first-order chi connectivity index (χ1) is 17.8. The van der Waals surface area contributed by atoms with Crippen LogP contribution in [-0.4, -0.2) is 71.5 Å². The SMILES string of the molecule is CCN(CC)C(=O)C1CCC(Nc2nccc(-n3ccc4c(OCCCS(C)(=O)=O)cccc43)n2)CC1. The van der Waals surface area contributed by atoms with Gasteiger partial charge in [-0.1, -0.05) is 6.07 Å². The quantitative estimate of drug-likeness (QED) is 0.375. The summed E-state index contributed by atoms with van der Waals surface area (Å²) >= 11 is 0. The molecular formula is C27H37N5O4S. The first kappa shape index (κ1) is 26.9. The van der Waals surface area contributed by atoms with E-state index in [1.165, 1.54) is 6.26 Å². The minimum Gasteiger partial charge on any atom is -0.493 e. The van der Waals surface area contributed by atoms with E-state index in [-0.39, 0.29) is 23.6 Å². The predicted octanol–water partition coefficient (Wildman–Crippen LogP) is 4.07. The summed E-state index contributed by atoms with van der Waals surface area (Å²) in [6.45, 7) is 5.92. The zero-order valence-electron chi connectivity index (χ0n) is 21.9. The van der Waals surface area contributed by atoms with Crippen LogP contribution in [0.2, 0.25) is 0 Å². The highest BCUT2D eigenvalue weighted by molar-refractivity contribution is 7.90. The fourth-order valence-corrected chi connectivity index (χ4v) is 5.62. The molecule has 9 nitrogen and oxygen atoms in total. The Morgan fingerprint density at radius 2 is 1.89 bits per heavy atom. The number of nitrogens with zero attached hydrogens (tertiary/aromatic N) is 4. The van der Waals surface area contributed by atoms with Crippen molar-refractivity contribution in [3.05, 3.63) is 42.7 Å². The monoisotopic (exact) mass is 527 g/mol. The molecule has 1 aliphatic carbocycles. The number of sulfone groups is 1. The van der Waals surface area contributed by atoms with Gasteiger partial charge in [0.15, 0.2) is 0 Å². The van der Waals surface area contributed by atoms with Gasteiger partial charge in [-0.15, -0.1) is 0 Å². The molecule has 10 heteroatoms. The van der Waals surface area contributed by atoms with Gasteiger partial charge < -0.3 is 19.5 Å². The summed E-state index contributed by atoms with van der Waals surface area (Å²) < 4.78 is 30.6. The van der Waals surface area contributed by atoms with E-state index in [9.17, 15) is 13.2 Å². The number of carbonyl (C=O) groups is 1. The Labute approximate surface area is 219 Å². The van der Waals surface area contributed by atoms with Gasteiger partial charge in [0.25, 0.3) is 0 Å². The molecule has 1 fully saturated rings. The Morgan fingerprint density at radius 1 is 1.14 bits per heavy atom. The van der Waals surface area contributed by atoms with E-state index < -0.39 is 9.84 Å². The number of fused-ring (bicyclic) bond motifs is 1. The minimum atomic E-state index is -3.00. The van der Waals surface area contributed by atoms with Crippen molar-refractivity contribution in [2.75, 3.05) is 37.0 Å². The van der Waals surface area contributed by atoms with E-state index in [0.29, 0.717) is 24.7 Å². The van der Waals surface area contributed by atoms with Gasteiger partial charge in [-0.3, -0.25) is 4.79 Å². The molecule has 1 aliphatic rings. The predicted molar refractivity (Wildman–Crippen MR) is 146 cm³/mol. The number of hydrogen-bond acceptors (Lipinski definition) is 7. The number of aromatic nitrogens is 3. The maximum atomic E-state index is 12.7. The van der Waals surface area contributed by atoms with E-state index in [1.807, 2.05) is 59.8 Å². The first-order valence-electron chi connectivity index (χ1n) is 13.1. The van der Waals surface area contributed by atoms with Gasteiger partial charge in [-0.05, 0) is 70.2 Å². The molecule has 3 aromatic rings. The van der Waals surface area contributed by atoms with Crippen molar-refractivity contribution in [1.82, 2.24) is 19.4 Å². The normalized spacial score (nSPS) is 18.0. The van der Waals surface area contributed by atoms with Gasteiger partial charge in [-0.25, -0.2) is 13.4 Å². The summed E-state index contributed by atoms with van der Waals surface area (Å²) in [6, 6.07) is 9.89. The zero-order chi connectivity index (χ0) is 26.4. The summed E-state index contributed by atoms with van der Waals surface area (Å²) in [6.07, 6.45) is 8.96. The summed E-state index contributed by atoms with van der Waals surface area (Å²) in [5, 5.41) is 4.41. The molecule has 37 heavy (non-hydrogen) atoms. The molecule has 0 atom stereocenters. The van der Waals surface area contributed by atoms with Gasteiger partial charge in [0.2, 0.25) is 11.9 Å². The number of carbonyl (C=O) groups excluding carboxylic acids is 1. The Bertz CT molecular complexity index is 1310. The smallest absolute Gasteiger partial charge is 0.225 e. The third-order valence-electron chi connectivity index (χ3n) is 6.98. The fraction of sp³-hybridized carbons (Fsp3) is 0.519. The van der Waals surface area contributed by atoms with Crippen molar-refractivity contribution in [3.63, 3.8) is 0 Å². The van der Waals surface area contributed by atoms with Gasteiger partial charge in [0, 0.05) is 49.1 Å². The second-order valence-electron chi connectivity index (χ2n) is 9.65. The van der Waals surface area contributed by atoms with E-state index in [4.69, 9.17) is 9.72 Å². The average molecular weight is 528 g/mol. The Morgan fingerprint density at radius 3 is 2.59 bits per heavy atom. The summed E-state index contributed by atoms with van der Waals surface area (Å²) in [4.78, 5) is 23.8. The molecular weight excluding hydrogens is 490 g/mol. The Kier molecular flexibility index (Phi) is 8.68. The topological polar surface area (TPSA) is 106 Å². The number of anilines is 1. The molecule has 1 N–H and O–H groups in total. The van der Waals surface area contributed by atoms with Crippen LogP contribution in [0.4, 0.5) is 5.95 Å². The van der Waals surface area contributed by atoms with Crippen LogP contribution >= 0.6 is 0 Å². The molecule has 0 unspecified atom stereocenters. The third-order valence-corrected chi connectivity index (χ3v) is 8.01. The van der Waals surface area contributed by atoms with Crippen LogP contribution in [0, 0.1) is 5.92 Å². The minimum absolute atomic E-state index is 0.106. The van der Waals surface area contributed by atoms with Gasteiger partial charge in [0.1, 0.15) is 21.4 Å². The number of amides is 1. The maximum Gasteiger partial charge on any atom is 0.225 e. The van der Waals surface area contributed by atoms with Crippen molar-refractivity contribution >= 4 is 32.6 Å². The molecule has 200 valence electrons. The number of rotatable bonds is 11. The van der Waals surface area contributed by atoms with E-state index >= 15 is 0 Å². The molecule has 1 amide bonds. The average Bonchev–Trinajstić information content (AvgIpc) is 3.32. The van der Waals surface area contributed by atoms with E-state index in [2.05, 4.69) is 10.3 Å². The molecule has 2 aromatic heterocycles. The number of ether oxygens (including phenoxy) is 1. The van der Waals surface area contributed by atoms with Crippen molar-refractivity contribution in [2.45, 2.75) is 52.0 Å². The number of nitrogens with one attached hydrogen (secondary N) is 1. The van der Waals surface area contributed by atoms with E-state index in [0.717, 1.165) is 55.5 Å². The van der Waals surface area contributed by atoms with Crippen molar-refractivity contribution in [3.8, 4) is 11.6 Å². The second-order valence-corrected chi connectivity index (χ2v) is 11.9. The summed E-state index contributed by atoms with van der Waals surface area (Å²) in [5.41, 5.74) is 0.945. The van der Waals surface area contributed by atoms with Crippen molar-refractivity contribution in [1.29, 1.82) is 0 Å². The Balaban J connectivity index is 1.41. The number of hydrogen-bond donors (Lipinski definition) is 1. The number of benzene rings is 1. The highest BCUT2D eigenvalue weighted by Crippen LogP contribution is 2.30. The van der Waals surface area contributed by atoms with Crippen molar-refractivity contribution < 1.29 is 17.9 Å². The molecule has 0 spiro atoms. The summed E-state index contributed by atoms with van der Waals surface area (Å²) in [7, 11) is -3.00. The maximum absolute atomic E-state index is 12.7. The zero-order valence-corrected chi connectivity index (χ0v) is 22.7. The first-order valence-corrected chi connectivity index (χ1v) is 15.1. The molecule has 1 saturated carbocycles. The lowest BCUT2D eigenvalue weighted by molar-refractivity contribution is -0.136. The van der Waals surface area contributed by atoms with Crippen LogP contribution in [-0.2, 0) is 14.6 Å². The van der Waals surface area contributed by atoms with Crippen LogP contribution in [0.15, 0.2) is 42.7 Å². The molecule has 4 rings (SSSR count). The fourth-order valence-electron chi connectivity index (χ4n) is 4.98. The van der Waals surface area contributed by atoms with Crippen LogP contribution in [0.25, 0.3) is 16.7 Å². The molecule has 0 bridgehead atoms. The molecule has 0 aliphatic heterocycles. The highest BCUT2D eigenvalue weighted by Gasteiger charge is 2.28. The van der Waals surface area contributed by atoms with Crippen LogP contribution in [0.5, 0.6) is 5.75 Å². The van der Waals surface area contributed by atoms with Crippen LogP contribution in [0.1, 0.15) is 46.0 Å². The standard InChI is InChI=1S/C27H37N5O4S/c1-4-31(5-2)26(33)20-10-12-21(13-11-20)29-27-28-16-14-25(30-27)32-17-15-22-23(32)8-6-9-24(22)36-18-7-19-37(3,34)35/h6,8-9,14-17,20-21H,4-5,7,10-13,18-19H2,1-3H3,(H,28,29,30). The summed E-state index contributed by atoms with van der Waals surface area (Å²) in [5.74, 6) is 2.53. The van der Waals surface area contributed by atoms with Gasteiger partial charge in [-0.2, -0.15) is 4.98 Å². The van der Waals surface area contributed by atoms with E-state index in [1.54, 1.807) is 6.20 Å². The van der Waals surface area contributed by atoms with Crippen molar-refractivity contribution in [2.24, 2.45) is 5.92 Å². The molecule has 0 radical (unpaired) electrons. The lowest BCUT2D eigenvalue weighted by Gasteiger charge is -2.31.